The van der Waals surface area contributed by atoms with Crippen LogP contribution in [-0.4, -0.2) is 25.5 Å². The Kier molecular flexibility index (Phi) is 5.57. The molecule has 0 spiro atoms. The van der Waals surface area contributed by atoms with Crippen LogP contribution in [0.2, 0.25) is 0 Å². The van der Waals surface area contributed by atoms with Crippen LogP contribution >= 0.6 is 11.3 Å². The Balaban J connectivity index is 2.37. The minimum absolute atomic E-state index is 0.238. The van der Waals surface area contributed by atoms with Crippen molar-refractivity contribution in [3.05, 3.63) is 35.3 Å². The van der Waals surface area contributed by atoms with Gasteiger partial charge in [0.2, 0.25) is 10.0 Å². The lowest BCUT2D eigenvalue weighted by atomic mass is 9.95. The summed E-state index contributed by atoms with van der Waals surface area (Å²) in [4.78, 5) is 4.65. The zero-order valence-corrected chi connectivity index (χ0v) is 15.3. The number of aryl methyl sites for hydroxylation is 1. The van der Waals surface area contributed by atoms with Crippen LogP contribution < -0.4 is 10.5 Å². The van der Waals surface area contributed by atoms with Gasteiger partial charge in [-0.05, 0) is 31.9 Å². The van der Waals surface area contributed by atoms with Gasteiger partial charge in [0.1, 0.15) is 5.01 Å². The van der Waals surface area contributed by atoms with Crippen molar-refractivity contribution in [2.24, 2.45) is 5.73 Å². The quantitative estimate of drug-likeness (QED) is 0.801. The van der Waals surface area contributed by atoms with E-state index < -0.39 is 15.6 Å². The number of thiazole rings is 1. The molecule has 1 aromatic carbocycles. The largest absolute Gasteiger partial charge is 0.329 e. The first-order valence-electron chi connectivity index (χ1n) is 7.62. The molecule has 0 aliphatic rings. The maximum absolute atomic E-state index is 12.7. The molecule has 7 heteroatoms. The van der Waals surface area contributed by atoms with Gasteiger partial charge in [0.15, 0.2) is 0 Å². The molecule has 0 unspecified atom stereocenters. The molecule has 0 aliphatic carbocycles. The fourth-order valence-electron chi connectivity index (χ4n) is 2.35. The predicted molar refractivity (Wildman–Crippen MR) is 95.0 cm³/mol. The molecule has 0 amide bonds. The molecule has 3 N–H and O–H groups in total. The highest BCUT2D eigenvalue weighted by Crippen LogP contribution is 2.26. The van der Waals surface area contributed by atoms with Crippen molar-refractivity contribution in [3.63, 3.8) is 0 Å². The second-order valence-corrected chi connectivity index (χ2v) is 8.16. The molecule has 0 bridgehead atoms. The lowest BCUT2D eigenvalue weighted by Crippen LogP contribution is -2.52. The Labute approximate surface area is 142 Å². The normalized spacial score (nSPS) is 12.5. The van der Waals surface area contributed by atoms with E-state index in [1.54, 1.807) is 18.2 Å². The summed E-state index contributed by atoms with van der Waals surface area (Å²) in [5.41, 5.74) is 6.93. The number of nitrogens with one attached hydrogen (secondary N) is 1. The van der Waals surface area contributed by atoms with Crippen molar-refractivity contribution in [1.29, 1.82) is 0 Å². The Morgan fingerprint density at radius 2 is 2.00 bits per heavy atom. The third-order valence-corrected chi connectivity index (χ3v) is 6.69. The lowest BCUT2D eigenvalue weighted by Gasteiger charge is -2.31. The standard InChI is InChI=1S/C16H23N3O2S2/c1-4-16(5-2,11-17)19-23(20,21)14-8-6-7-13(9-14)15-18-12(3)10-22-15/h6-10,19H,4-5,11,17H2,1-3H3. The molecule has 0 aliphatic heterocycles. The monoisotopic (exact) mass is 353 g/mol. The van der Waals surface area contributed by atoms with E-state index in [0.717, 1.165) is 16.3 Å². The number of hydrogen-bond donors (Lipinski definition) is 2. The van der Waals surface area contributed by atoms with E-state index in [2.05, 4.69) is 9.71 Å². The first kappa shape index (κ1) is 18.1. The zero-order valence-electron chi connectivity index (χ0n) is 13.7. The van der Waals surface area contributed by atoms with Crippen molar-refractivity contribution in [1.82, 2.24) is 9.71 Å². The predicted octanol–water partition coefficient (Wildman–Crippen LogP) is 2.91. The van der Waals surface area contributed by atoms with E-state index in [9.17, 15) is 8.42 Å². The summed E-state index contributed by atoms with van der Waals surface area (Å²) in [6.45, 7) is 6.06. The van der Waals surface area contributed by atoms with Crippen LogP contribution in [0.25, 0.3) is 10.6 Å². The number of nitrogens with two attached hydrogens (primary N) is 1. The van der Waals surface area contributed by atoms with Gasteiger partial charge in [-0.25, -0.2) is 18.1 Å². The zero-order chi connectivity index (χ0) is 17.1. The number of hydrogen-bond acceptors (Lipinski definition) is 5. The maximum atomic E-state index is 12.7. The first-order chi connectivity index (χ1) is 10.9. The molecule has 5 nitrogen and oxygen atoms in total. The molecule has 0 atom stereocenters. The SMILES string of the molecule is CCC(CC)(CN)NS(=O)(=O)c1cccc(-c2nc(C)cs2)c1. The molecule has 0 saturated carbocycles. The van der Waals surface area contributed by atoms with Crippen molar-refractivity contribution in [3.8, 4) is 10.6 Å². The summed E-state index contributed by atoms with van der Waals surface area (Å²) >= 11 is 1.50. The fourth-order valence-corrected chi connectivity index (χ4v) is 4.75. The minimum Gasteiger partial charge on any atom is -0.329 e. The number of sulfonamides is 1. The fraction of sp³-hybridized carbons (Fsp3) is 0.438. The first-order valence-corrected chi connectivity index (χ1v) is 9.98. The summed E-state index contributed by atoms with van der Waals surface area (Å²) < 4.78 is 28.2. The van der Waals surface area contributed by atoms with Crippen LogP contribution in [0.5, 0.6) is 0 Å². The number of rotatable bonds is 7. The molecule has 0 fully saturated rings. The van der Waals surface area contributed by atoms with Crippen LogP contribution in [0.15, 0.2) is 34.5 Å². The molecule has 2 aromatic rings. The van der Waals surface area contributed by atoms with Gasteiger partial charge >= 0.3 is 0 Å². The Hall–Kier alpha value is -1.28. The smallest absolute Gasteiger partial charge is 0.241 e. The third kappa shape index (κ3) is 3.98. The van der Waals surface area contributed by atoms with E-state index in [0.29, 0.717) is 12.8 Å². The van der Waals surface area contributed by atoms with Crippen molar-refractivity contribution >= 4 is 21.4 Å². The Morgan fingerprint density at radius 1 is 1.30 bits per heavy atom. The van der Waals surface area contributed by atoms with Gasteiger partial charge in [0, 0.05) is 28.7 Å². The summed E-state index contributed by atoms with van der Waals surface area (Å²) in [6.07, 6.45) is 1.29. The average molecular weight is 354 g/mol. The molecule has 1 aromatic heterocycles. The second kappa shape index (κ2) is 7.09. The third-order valence-electron chi connectivity index (χ3n) is 4.11. The Bertz CT molecular complexity index is 757. The van der Waals surface area contributed by atoms with Gasteiger partial charge < -0.3 is 5.73 Å². The van der Waals surface area contributed by atoms with Gasteiger partial charge in [-0.3, -0.25) is 0 Å². The van der Waals surface area contributed by atoms with E-state index in [1.807, 2.05) is 32.2 Å². The highest BCUT2D eigenvalue weighted by molar-refractivity contribution is 7.89. The van der Waals surface area contributed by atoms with Crippen LogP contribution in [0.1, 0.15) is 32.4 Å². The average Bonchev–Trinajstić information content (AvgIpc) is 2.99. The Morgan fingerprint density at radius 3 is 2.52 bits per heavy atom. The van der Waals surface area contributed by atoms with Crippen molar-refractivity contribution in [2.75, 3.05) is 6.54 Å². The summed E-state index contributed by atoms with van der Waals surface area (Å²) in [6, 6.07) is 6.86. The van der Waals surface area contributed by atoms with Gasteiger partial charge in [-0.1, -0.05) is 26.0 Å². The highest BCUT2D eigenvalue weighted by Gasteiger charge is 2.30. The molecule has 126 valence electrons. The van der Waals surface area contributed by atoms with E-state index >= 15 is 0 Å². The number of benzene rings is 1. The van der Waals surface area contributed by atoms with E-state index in [1.165, 1.54) is 11.3 Å². The molecular formula is C16H23N3O2S2. The van der Waals surface area contributed by atoms with Crippen LogP contribution in [0.3, 0.4) is 0 Å². The number of nitrogens with zero attached hydrogens (tertiary/aromatic N) is 1. The minimum atomic E-state index is -3.63. The molecule has 1 heterocycles. The molecule has 23 heavy (non-hydrogen) atoms. The topological polar surface area (TPSA) is 85.1 Å². The summed E-state index contributed by atoms with van der Waals surface area (Å²) in [5.74, 6) is 0. The van der Waals surface area contributed by atoms with Gasteiger partial charge in [-0.2, -0.15) is 0 Å². The second-order valence-electron chi connectivity index (χ2n) is 5.62. The number of aromatic nitrogens is 1. The van der Waals surface area contributed by atoms with Gasteiger partial charge in [0.05, 0.1) is 4.90 Å². The molecule has 0 saturated heterocycles. The van der Waals surface area contributed by atoms with Gasteiger partial charge in [-0.15, -0.1) is 11.3 Å². The van der Waals surface area contributed by atoms with Crippen molar-refractivity contribution in [2.45, 2.75) is 44.0 Å². The highest BCUT2D eigenvalue weighted by atomic mass is 32.2. The van der Waals surface area contributed by atoms with E-state index in [4.69, 9.17) is 5.73 Å². The summed E-state index contributed by atoms with van der Waals surface area (Å²) in [7, 11) is -3.63. The molecule has 2 rings (SSSR count). The maximum Gasteiger partial charge on any atom is 0.241 e. The van der Waals surface area contributed by atoms with Crippen molar-refractivity contribution < 1.29 is 8.42 Å². The van der Waals surface area contributed by atoms with Gasteiger partial charge in [0.25, 0.3) is 0 Å². The lowest BCUT2D eigenvalue weighted by molar-refractivity contribution is 0.363. The van der Waals surface area contributed by atoms with Crippen LogP contribution in [0.4, 0.5) is 0 Å². The summed E-state index contributed by atoms with van der Waals surface area (Å²) in [5, 5.41) is 2.76. The molecule has 0 radical (unpaired) electrons. The van der Waals surface area contributed by atoms with Crippen LogP contribution in [0, 0.1) is 6.92 Å². The van der Waals surface area contributed by atoms with Crippen LogP contribution in [-0.2, 0) is 10.0 Å². The molecular weight excluding hydrogens is 330 g/mol. The van der Waals surface area contributed by atoms with E-state index in [-0.39, 0.29) is 11.4 Å².